The van der Waals surface area contributed by atoms with Crippen molar-refractivity contribution in [2.24, 2.45) is 11.8 Å². The molecule has 0 amide bonds. The predicted molar refractivity (Wildman–Crippen MR) is 71.3 cm³/mol. The fourth-order valence-corrected chi connectivity index (χ4v) is 1.52. The molecule has 0 heterocycles. The van der Waals surface area contributed by atoms with Crippen LogP contribution in [0.25, 0.3) is 0 Å². The van der Waals surface area contributed by atoms with E-state index in [2.05, 4.69) is 19.2 Å². The first kappa shape index (κ1) is 14.9. The molecule has 0 aliphatic heterocycles. The molecule has 0 unspecified atom stereocenters. The largest absolute Gasteiger partial charge is 0.381 e. The summed E-state index contributed by atoms with van der Waals surface area (Å²) >= 11 is 0. The molecule has 0 aromatic heterocycles. The van der Waals surface area contributed by atoms with Gasteiger partial charge in [0.15, 0.2) is 0 Å². The number of nitrogens with one attached hydrogen (secondary N) is 1. The van der Waals surface area contributed by atoms with Gasteiger partial charge in [-0.15, -0.1) is 0 Å². The Labute approximate surface area is 106 Å². The van der Waals surface area contributed by atoms with Crippen LogP contribution in [-0.2, 0) is 9.47 Å². The van der Waals surface area contributed by atoms with Crippen LogP contribution in [0.5, 0.6) is 0 Å². The van der Waals surface area contributed by atoms with Gasteiger partial charge in [0.1, 0.15) is 0 Å². The highest BCUT2D eigenvalue weighted by Gasteiger charge is 2.20. The second-order valence-corrected chi connectivity index (χ2v) is 5.42. The Hall–Kier alpha value is -0.120. The zero-order valence-corrected chi connectivity index (χ0v) is 11.5. The van der Waals surface area contributed by atoms with E-state index in [4.69, 9.17) is 9.47 Å². The Morgan fingerprint density at radius 3 is 2.59 bits per heavy atom. The van der Waals surface area contributed by atoms with E-state index in [-0.39, 0.29) is 0 Å². The summed E-state index contributed by atoms with van der Waals surface area (Å²) in [6.07, 6.45) is 5.03. The van der Waals surface area contributed by atoms with Crippen LogP contribution in [-0.4, -0.2) is 39.5 Å². The van der Waals surface area contributed by atoms with Crippen LogP contribution < -0.4 is 5.32 Å². The SMILES string of the molecule is CC(C)CCOCCNCCCOCC1CC1. The van der Waals surface area contributed by atoms with Gasteiger partial charge in [0.2, 0.25) is 0 Å². The Bertz CT molecular complexity index is 160. The van der Waals surface area contributed by atoms with Crippen molar-refractivity contribution in [2.45, 2.75) is 39.5 Å². The molecule has 1 fully saturated rings. The van der Waals surface area contributed by atoms with Crippen molar-refractivity contribution in [3.63, 3.8) is 0 Å². The molecule has 1 saturated carbocycles. The molecule has 102 valence electrons. The van der Waals surface area contributed by atoms with Crippen LogP contribution in [0.2, 0.25) is 0 Å². The van der Waals surface area contributed by atoms with E-state index in [9.17, 15) is 0 Å². The minimum atomic E-state index is 0.742. The lowest BCUT2D eigenvalue weighted by molar-refractivity contribution is 0.116. The predicted octanol–water partition coefficient (Wildman–Crippen LogP) is 2.46. The number of hydrogen-bond acceptors (Lipinski definition) is 3. The second-order valence-electron chi connectivity index (χ2n) is 5.42. The maximum absolute atomic E-state index is 5.56. The summed E-state index contributed by atoms with van der Waals surface area (Å²) in [4.78, 5) is 0. The van der Waals surface area contributed by atoms with Crippen molar-refractivity contribution >= 4 is 0 Å². The average molecular weight is 243 g/mol. The molecule has 0 spiro atoms. The van der Waals surface area contributed by atoms with Gasteiger partial charge in [-0.3, -0.25) is 0 Å². The van der Waals surface area contributed by atoms with Crippen LogP contribution >= 0.6 is 0 Å². The minimum Gasteiger partial charge on any atom is -0.381 e. The molecule has 17 heavy (non-hydrogen) atoms. The van der Waals surface area contributed by atoms with E-state index >= 15 is 0 Å². The van der Waals surface area contributed by atoms with Crippen molar-refractivity contribution in [3.05, 3.63) is 0 Å². The van der Waals surface area contributed by atoms with E-state index in [1.165, 1.54) is 12.8 Å². The van der Waals surface area contributed by atoms with Gasteiger partial charge in [0.25, 0.3) is 0 Å². The standard InChI is InChI=1S/C14H29NO2/c1-13(2)6-10-16-11-8-15-7-3-9-17-12-14-4-5-14/h13-15H,3-12H2,1-2H3. The van der Waals surface area contributed by atoms with Crippen LogP contribution in [0, 0.1) is 11.8 Å². The molecule has 1 aliphatic carbocycles. The molecular formula is C14H29NO2. The molecule has 0 bridgehead atoms. The van der Waals surface area contributed by atoms with Gasteiger partial charge in [0.05, 0.1) is 6.61 Å². The summed E-state index contributed by atoms with van der Waals surface area (Å²) < 4.78 is 11.1. The van der Waals surface area contributed by atoms with Crippen molar-refractivity contribution in [2.75, 3.05) is 39.5 Å². The monoisotopic (exact) mass is 243 g/mol. The lowest BCUT2D eigenvalue weighted by atomic mass is 10.1. The fraction of sp³-hybridized carbons (Fsp3) is 1.00. The average Bonchev–Trinajstić information content (AvgIpc) is 3.09. The quantitative estimate of drug-likeness (QED) is 0.534. The zero-order valence-electron chi connectivity index (χ0n) is 11.5. The van der Waals surface area contributed by atoms with E-state index in [0.29, 0.717) is 0 Å². The van der Waals surface area contributed by atoms with Crippen molar-refractivity contribution < 1.29 is 9.47 Å². The van der Waals surface area contributed by atoms with Crippen LogP contribution in [0.4, 0.5) is 0 Å². The van der Waals surface area contributed by atoms with Gasteiger partial charge in [-0.1, -0.05) is 13.8 Å². The Morgan fingerprint density at radius 2 is 1.88 bits per heavy atom. The summed E-state index contributed by atoms with van der Waals surface area (Å²) in [6.45, 7) is 10.1. The van der Waals surface area contributed by atoms with E-state index in [1.54, 1.807) is 0 Å². The summed E-state index contributed by atoms with van der Waals surface area (Å²) in [5.41, 5.74) is 0. The molecule has 0 radical (unpaired) electrons. The molecule has 3 heteroatoms. The highest BCUT2D eigenvalue weighted by Crippen LogP contribution is 2.28. The summed E-state index contributed by atoms with van der Waals surface area (Å²) in [7, 11) is 0. The molecular weight excluding hydrogens is 214 g/mol. The van der Waals surface area contributed by atoms with Crippen molar-refractivity contribution in [3.8, 4) is 0 Å². The molecule has 1 N–H and O–H groups in total. The highest BCUT2D eigenvalue weighted by molar-refractivity contribution is 4.71. The van der Waals surface area contributed by atoms with Gasteiger partial charge < -0.3 is 14.8 Å². The Morgan fingerprint density at radius 1 is 1.06 bits per heavy atom. The molecule has 1 rings (SSSR count). The first-order valence-corrected chi connectivity index (χ1v) is 7.15. The van der Waals surface area contributed by atoms with E-state index < -0.39 is 0 Å². The van der Waals surface area contributed by atoms with Gasteiger partial charge in [-0.05, 0) is 44.1 Å². The first-order chi connectivity index (χ1) is 8.29. The van der Waals surface area contributed by atoms with E-state index in [1.807, 2.05) is 0 Å². The zero-order chi connectivity index (χ0) is 12.3. The highest BCUT2D eigenvalue weighted by atomic mass is 16.5. The number of rotatable bonds is 12. The lowest BCUT2D eigenvalue weighted by Crippen LogP contribution is -2.22. The normalized spacial score (nSPS) is 15.7. The van der Waals surface area contributed by atoms with Crippen LogP contribution in [0.1, 0.15) is 39.5 Å². The maximum atomic E-state index is 5.56. The molecule has 0 aromatic rings. The third kappa shape index (κ3) is 10.7. The lowest BCUT2D eigenvalue weighted by Gasteiger charge is -2.07. The third-order valence-electron chi connectivity index (χ3n) is 2.96. The summed E-state index contributed by atoms with van der Waals surface area (Å²) in [5.74, 6) is 1.63. The summed E-state index contributed by atoms with van der Waals surface area (Å²) in [6, 6.07) is 0. The topological polar surface area (TPSA) is 30.5 Å². The van der Waals surface area contributed by atoms with Crippen molar-refractivity contribution in [1.29, 1.82) is 0 Å². The Kier molecular flexibility index (Phi) is 8.67. The smallest absolute Gasteiger partial charge is 0.0590 e. The molecule has 1 aliphatic rings. The van der Waals surface area contributed by atoms with Gasteiger partial charge in [0, 0.05) is 26.4 Å². The molecule has 0 aromatic carbocycles. The van der Waals surface area contributed by atoms with E-state index in [0.717, 1.165) is 64.2 Å². The Balaban J connectivity index is 1.63. The third-order valence-corrected chi connectivity index (χ3v) is 2.96. The van der Waals surface area contributed by atoms with Gasteiger partial charge in [-0.2, -0.15) is 0 Å². The van der Waals surface area contributed by atoms with Crippen LogP contribution in [0.3, 0.4) is 0 Å². The second kappa shape index (κ2) is 9.86. The molecule has 0 saturated heterocycles. The summed E-state index contributed by atoms with van der Waals surface area (Å²) in [5, 5.41) is 3.37. The minimum absolute atomic E-state index is 0.742. The number of hydrogen-bond donors (Lipinski definition) is 1. The van der Waals surface area contributed by atoms with Crippen LogP contribution in [0.15, 0.2) is 0 Å². The maximum Gasteiger partial charge on any atom is 0.0590 e. The molecule has 3 nitrogen and oxygen atoms in total. The fourth-order valence-electron chi connectivity index (χ4n) is 1.52. The molecule has 0 atom stereocenters. The first-order valence-electron chi connectivity index (χ1n) is 7.15. The van der Waals surface area contributed by atoms with Gasteiger partial charge in [-0.25, -0.2) is 0 Å². The number of ether oxygens (including phenoxy) is 2. The van der Waals surface area contributed by atoms with Gasteiger partial charge >= 0.3 is 0 Å². The van der Waals surface area contributed by atoms with Crippen molar-refractivity contribution in [1.82, 2.24) is 5.32 Å².